The third-order valence-electron chi connectivity index (χ3n) is 2.36. The third kappa shape index (κ3) is 2.60. The van der Waals surface area contributed by atoms with E-state index in [1.165, 1.54) is 0 Å². The highest BCUT2D eigenvalue weighted by Crippen LogP contribution is 2.14. The van der Waals surface area contributed by atoms with Crippen molar-refractivity contribution in [3.8, 4) is 0 Å². The fourth-order valence-electron chi connectivity index (χ4n) is 1.53. The van der Waals surface area contributed by atoms with Gasteiger partial charge in [-0.1, -0.05) is 6.07 Å². The predicted molar refractivity (Wildman–Crippen MR) is 67.5 cm³/mol. The maximum atomic E-state index is 11.0. The van der Waals surface area contributed by atoms with Crippen molar-refractivity contribution >= 4 is 17.5 Å². The van der Waals surface area contributed by atoms with Crippen LogP contribution in [0.5, 0.6) is 0 Å². The number of nitrogens with two attached hydrogens (primary N) is 1. The van der Waals surface area contributed by atoms with Gasteiger partial charge in [-0.2, -0.15) is 0 Å². The lowest BCUT2D eigenvalue weighted by Crippen LogP contribution is -2.16. The molecule has 0 saturated carbocycles. The van der Waals surface area contributed by atoms with E-state index in [9.17, 15) is 4.79 Å². The van der Waals surface area contributed by atoms with Gasteiger partial charge in [0.05, 0.1) is 0 Å². The number of anilines is 2. The molecule has 0 aliphatic rings. The highest BCUT2D eigenvalue weighted by Gasteiger charge is 2.08. The van der Waals surface area contributed by atoms with Crippen LogP contribution < -0.4 is 11.1 Å². The van der Waals surface area contributed by atoms with Gasteiger partial charge in [0, 0.05) is 5.69 Å². The van der Waals surface area contributed by atoms with Crippen molar-refractivity contribution in [2.24, 2.45) is 5.73 Å². The first-order chi connectivity index (χ1) is 8.56. The zero-order valence-corrected chi connectivity index (χ0v) is 10.1. The average molecular weight is 243 g/mol. The Morgan fingerprint density at radius 2 is 2.00 bits per heavy atom. The average Bonchev–Trinajstić information content (AvgIpc) is 2.28. The minimum Gasteiger partial charge on any atom is -0.364 e. The number of carbonyl (C=O) groups excluding carboxylic acids is 1. The fourth-order valence-corrected chi connectivity index (χ4v) is 1.53. The molecule has 2 rings (SSSR count). The molecular weight excluding hydrogens is 230 g/mol. The molecular formula is C12H13N5O. The van der Waals surface area contributed by atoms with Crippen molar-refractivity contribution in [3.05, 3.63) is 41.2 Å². The SMILES string of the molecule is Cc1cccc(Nc2cc(C)c(C(N)=O)nn2)n1. The van der Waals surface area contributed by atoms with E-state index in [1.54, 1.807) is 13.0 Å². The Labute approximate surface area is 104 Å². The Morgan fingerprint density at radius 3 is 2.61 bits per heavy atom. The van der Waals surface area contributed by atoms with Crippen molar-refractivity contribution in [1.82, 2.24) is 15.2 Å². The molecule has 0 aliphatic heterocycles. The van der Waals surface area contributed by atoms with Gasteiger partial charge in [-0.25, -0.2) is 4.98 Å². The van der Waals surface area contributed by atoms with Gasteiger partial charge >= 0.3 is 0 Å². The number of primary amides is 1. The van der Waals surface area contributed by atoms with Crippen LogP contribution in [0.2, 0.25) is 0 Å². The number of carbonyl (C=O) groups is 1. The van der Waals surface area contributed by atoms with Crippen molar-refractivity contribution in [1.29, 1.82) is 0 Å². The molecule has 0 saturated heterocycles. The fraction of sp³-hybridized carbons (Fsp3) is 0.167. The molecule has 2 aromatic rings. The van der Waals surface area contributed by atoms with Gasteiger partial charge in [0.1, 0.15) is 5.82 Å². The summed E-state index contributed by atoms with van der Waals surface area (Å²) in [6.45, 7) is 3.65. The smallest absolute Gasteiger partial charge is 0.269 e. The summed E-state index contributed by atoms with van der Waals surface area (Å²) in [5, 5.41) is 10.7. The highest BCUT2D eigenvalue weighted by molar-refractivity contribution is 5.92. The van der Waals surface area contributed by atoms with E-state index in [2.05, 4.69) is 20.5 Å². The first-order valence-electron chi connectivity index (χ1n) is 5.41. The van der Waals surface area contributed by atoms with E-state index in [4.69, 9.17) is 5.73 Å². The summed E-state index contributed by atoms with van der Waals surface area (Å²) in [5.41, 5.74) is 6.92. The van der Waals surface area contributed by atoms with E-state index in [-0.39, 0.29) is 5.69 Å². The normalized spacial score (nSPS) is 10.1. The lowest BCUT2D eigenvalue weighted by atomic mass is 10.2. The van der Waals surface area contributed by atoms with Crippen molar-refractivity contribution in [2.75, 3.05) is 5.32 Å². The predicted octanol–water partition coefficient (Wildman–Crippen LogP) is 1.33. The van der Waals surface area contributed by atoms with E-state index in [0.29, 0.717) is 17.2 Å². The summed E-state index contributed by atoms with van der Waals surface area (Å²) in [4.78, 5) is 15.3. The summed E-state index contributed by atoms with van der Waals surface area (Å²) in [7, 11) is 0. The van der Waals surface area contributed by atoms with Gasteiger partial charge in [-0.3, -0.25) is 4.79 Å². The molecule has 0 spiro atoms. The third-order valence-corrected chi connectivity index (χ3v) is 2.36. The molecule has 0 aromatic carbocycles. The van der Waals surface area contributed by atoms with Gasteiger partial charge in [0.15, 0.2) is 11.5 Å². The number of aromatic nitrogens is 3. The van der Waals surface area contributed by atoms with Crippen LogP contribution in [0.15, 0.2) is 24.3 Å². The molecule has 6 nitrogen and oxygen atoms in total. The minimum absolute atomic E-state index is 0.178. The van der Waals surface area contributed by atoms with Crippen LogP contribution in [-0.2, 0) is 0 Å². The second-order valence-corrected chi connectivity index (χ2v) is 3.91. The molecule has 3 N–H and O–H groups in total. The van der Waals surface area contributed by atoms with E-state index >= 15 is 0 Å². The van der Waals surface area contributed by atoms with Gasteiger partial charge in [-0.05, 0) is 37.6 Å². The summed E-state index contributed by atoms with van der Waals surface area (Å²) < 4.78 is 0. The van der Waals surface area contributed by atoms with Crippen LogP contribution in [0.3, 0.4) is 0 Å². The van der Waals surface area contributed by atoms with Crippen LogP contribution in [0, 0.1) is 13.8 Å². The number of hydrogen-bond donors (Lipinski definition) is 2. The van der Waals surface area contributed by atoms with Gasteiger partial charge < -0.3 is 11.1 Å². The minimum atomic E-state index is -0.583. The number of pyridine rings is 1. The molecule has 0 atom stereocenters. The molecule has 2 heterocycles. The standard InChI is InChI=1S/C12H13N5O/c1-7-6-10(16-17-11(7)12(13)18)15-9-5-3-4-8(2)14-9/h3-6H,1-2H3,(H2,13,18)(H,14,15,16). The summed E-state index contributed by atoms with van der Waals surface area (Å²) in [6.07, 6.45) is 0. The summed E-state index contributed by atoms with van der Waals surface area (Å²) in [6, 6.07) is 7.32. The van der Waals surface area contributed by atoms with Crippen molar-refractivity contribution < 1.29 is 4.79 Å². The second-order valence-electron chi connectivity index (χ2n) is 3.91. The Hall–Kier alpha value is -2.50. The molecule has 0 bridgehead atoms. The monoisotopic (exact) mass is 243 g/mol. The van der Waals surface area contributed by atoms with Gasteiger partial charge in [-0.15, -0.1) is 10.2 Å². The van der Waals surface area contributed by atoms with Crippen LogP contribution in [0.1, 0.15) is 21.7 Å². The number of aryl methyl sites for hydroxylation is 2. The maximum Gasteiger partial charge on any atom is 0.269 e. The Morgan fingerprint density at radius 1 is 1.22 bits per heavy atom. The van der Waals surface area contributed by atoms with Crippen LogP contribution in [-0.4, -0.2) is 21.1 Å². The molecule has 92 valence electrons. The quantitative estimate of drug-likeness (QED) is 0.848. The summed E-state index contributed by atoms with van der Waals surface area (Å²) in [5.74, 6) is 0.617. The zero-order chi connectivity index (χ0) is 13.1. The molecule has 18 heavy (non-hydrogen) atoms. The topological polar surface area (TPSA) is 93.8 Å². The van der Waals surface area contributed by atoms with Gasteiger partial charge in [0.25, 0.3) is 5.91 Å². The number of hydrogen-bond acceptors (Lipinski definition) is 5. The molecule has 0 aliphatic carbocycles. The first-order valence-corrected chi connectivity index (χ1v) is 5.41. The number of nitrogens with zero attached hydrogens (tertiary/aromatic N) is 3. The maximum absolute atomic E-state index is 11.0. The first kappa shape index (κ1) is 12.0. The molecule has 6 heteroatoms. The zero-order valence-electron chi connectivity index (χ0n) is 10.1. The Kier molecular flexibility index (Phi) is 3.18. The van der Waals surface area contributed by atoms with Crippen LogP contribution in [0.4, 0.5) is 11.6 Å². The number of amides is 1. The molecule has 1 amide bonds. The van der Waals surface area contributed by atoms with E-state index < -0.39 is 5.91 Å². The van der Waals surface area contributed by atoms with E-state index in [0.717, 1.165) is 5.69 Å². The molecule has 0 radical (unpaired) electrons. The van der Waals surface area contributed by atoms with Crippen molar-refractivity contribution in [2.45, 2.75) is 13.8 Å². The summed E-state index contributed by atoms with van der Waals surface area (Å²) >= 11 is 0. The van der Waals surface area contributed by atoms with Crippen molar-refractivity contribution in [3.63, 3.8) is 0 Å². The lowest BCUT2D eigenvalue weighted by molar-refractivity contribution is 0.0994. The number of rotatable bonds is 3. The highest BCUT2D eigenvalue weighted by atomic mass is 16.1. The van der Waals surface area contributed by atoms with Gasteiger partial charge in [0.2, 0.25) is 0 Å². The molecule has 0 unspecified atom stereocenters. The Balaban J connectivity index is 2.25. The lowest BCUT2D eigenvalue weighted by Gasteiger charge is -2.06. The van der Waals surface area contributed by atoms with Crippen LogP contribution in [0.25, 0.3) is 0 Å². The van der Waals surface area contributed by atoms with E-state index in [1.807, 2.05) is 25.1 Å². The molecule has 0 fully saturated rings. The van der Waals surface area contributed by atoms with Crippen LogP contribution >= 0.6 is 0 Å². The second kappa shape index (κ2) is 4.79. The number of nitrogens with one attached hydrogen (secondary N) is 1. The Bertz CT molecular complexity index is 597. The molecule has 2 aromatic heterocycles. The largest absolute Gasteiger partial charge is 0.364 e.